The van der Waals surface area contributed by atoms with Gasteiger partial charge in [0.25, 0.3) is 0 Å². The van der Waals surface area contributed by atoms with Gasteiger partial charge in [0.2, 0.25) is 23.6 Å². The number of hydrogen-bond donors (Lipinski definition) is 5. The van der Waals surface area contributed by atoms with Gasteiger partial charge in [0, 0.05) is 64.7 Å². The molecule has 4 rings (SSSR count). The summed E-state index contributed by atoms with van der Waals surface area (Å²) in [5.74, 6) is -0.357. The van der Waals surface area contributed by atoms with E-state index in [0.717, 1.165) is 69.1 Å². The van der Waals surface area contributed by atoms with Crippen LogP contribution in [0.25, 0.3) is 0 Å². The third kappa shape index (κ3) is 16.4. The molecular formula is C48H88N10O7. The number of fused-ring (bicyclic) bond motifs is 1. The minimum absolute atomic E-state index is 0.0546. The zero-order valence-electron chi connectivity index (χ0n) is 42.5. The second-order valence-electron chi connectivity index (χ2n) is 18.8. The van der Waals surface area contributed by atoms with E-state index in [1.54, 1.807) is 31.6 Å². The highest BCUT2D eigenvalue weighted by molar-refractivity contribution is 5.90. The lowest BCUT2D eigenvalue weighted by Crippen LogP contribution is -2.58. The predicted molar refractivity (Wildman–Crippen MR) is 255 cm³/mol. The maximum atomic E-state index is 14.2. The summed E-state index contributed by atoms with van der Waals surface area (Å²) >= 11 is 0. The monoisotopic (exact) mass is 917 g/mol. The Morgan fingerprint density at radius 1 is 0.985 bits per heavy atom. The molecule has 2 aromatic heterocycles. The van der Waals surface area contributed by atoms with Gasteiger partial charge >= 0.3 is 0 Å². The lowest BCUT2D eigenvalue weighted by Gasteiger charge is -2.38. The number of rotatable bonds is 22. The molecule has 9 unspecified atom stereocenters. The standard InChI is InChI=1S/C45H78N10O6.C2H6.CH4O/c1-12-14-38(53(10)45(60)41(28(2)3)49-44(59)42(29(4)5)52(8)9)39(61-11)23-40(57)54-20-13-15-35(54)21-31(7)43(58)48-34(22-33-24-46-27-47-33)25-55-37-19-17-32(26-56)30(6)16-18-36(37)50-51-55;2*1-2/h24,27-32,34-35,38-39,41-42,56H,12-23,25-26H2,1-11H3,(H,46,47)(H,48,58)(H,49,59);1-2H3;2H,1H3. The smallest absolute Gasteiger partial charge is 0.245 e. The number of imidazole rings is 1. The van der Waals surface area contributed by atoms with Gasteiger partial charge < -0.3 is 40.4 Å². The molecule has 1 saturated heterocycles. The van der Waals surface area contributed by atoms with Gasteiger partial charge in [-0.25, -0.2) is 9.67 Å². The molecule has 65 heavy (non-hydrogen) atoms. The van der Waals surface area contributed by atoms with E-state index >= 15 is 0 Å². The molecule has 2 aliphatic rings. The Kier molecular flexibility index (Phi) is 25.5. The fourth-order valence-corrected chi connectivity index (χ4v) is 9.62. The number of nitrogens with one attached hydrogen (secondary N) is 3. The number of likely N-dealkylation sites (N-methyl/N-ethyl adjacent to an activating group) is 2. The van der Waals surface area contributed by atoms with E-state index in [1.165, 1.54) is 0 Å². The Morgan fingerprint density at radius 2 is 1.68 bits per heavy atom. The molecular weight excluding hydrogens is 829 g/mol. The molecule has 372 valence electrons. The maximum absolute atomic E-state index is 14.2. The number of aliphatic hydroxyl groups is 2. The van der Waals surface area contributed by atoms with Crippen LogP contribution in [0.3, 0.4) is 0 Å². The molecule has 3 heterocycles. The average Bonchev–Trinajstić information content (AvgIpc) is 4.05. The first-order valence-electron chi connectivity index (χ1n) is 24.3. The van der Waals surface area contributed by atoms with Crippen molar-refractivity contribution in [3.63, 3.8) is 0 Å². The Bertz CT molecular complexity index is 1680. The van der Waals surface area contributed by atoms with Crippen LogP contribution in [0.15, 0.2) is 12.5 Å². The average molecular weight is 917 g/mol. The second kappa shape index (κ2) is 29.0. The second-order valence-corrected chi connectivity index (χ2v) is 18.8. The lowest BCUT2D eigenvalue weighted by molar-refractivity contribution is -0.145. The summed E-state index contributed by atoms with van der Waals surface area (Å²) in [5.41, 5.74) is 2.96. The molecule has 5 N–H and O–H groups in total. The summed E-state index contributed by atoms with van der Waals surface area (Å²) in [7, 11) is 8.07. The van der Waals surface area contributed by atoms with E-state index < -0.39 is 12.1 Å². The van der Waals surface area contributed by atoms with Gasteiger partial charge in [-0.2, -0.15) is 0 Å². The van der Waals surface area contributed by atoms with Crippen molar-refractivity contribution in [2.75, 3.05) is 48.5 Å². The molecule has 0 saturated carbocycles. The fraction of sp³-hybridized carbons (Fsp3) is 0.812. The van der Waals surface area contributed by atoms with Crippen molar-refractivity contribution in [1.29, 1.82) is 0 Å². The number of methoxy groups -OCH3 is 1. The van der Waals surface area contributed by atoms with E-state index in [2.05, 4.69) is 37.8 Å². The van der Waals surface area contributed by atoms with Gasteiger partial charge in [0.1, 0.15) is 6.04 Å². The Morgan fingerprint density at radius 3 is 2.25 bits per heavy atom. The molecule has 0 bridgehead atoms. The van der Waals surface area contributed by atoms with Crippen molar-refractivity contribution < 1.29 is 34.1 Å². The number of aliphatic hydroxyl groups excluding tert-OH is 2. The van der Waals surface area contributed by atoms with Crippen LogP contribution in [-0.4, -0.2) is 158 Å². The van der Waals surface area contributed by atoms with Crippen LogP contribution in [0.4, 0.5) is 0 Å². The number of likely N-dealkylation sites (tertiary alicyclic amines) is 1. The number of aromatic amines is 1. The molecule has 2 aromatic rings. The fourth-order valence-electron chi connectivity index (χ4n) is 9.62. The summed E-state index contributed by atoms with van der Waals surface area (Å²) in [6, 6.07) is -1.90. The van der Waals surface area contributed by atoms with Gasteiger partial charge in [0.05, 0.1) is 54.9 Å². The normalized spacial score (nSPS) is 20.2. The minimum Gasteiger partial charge on any atom is -0.400 e. The quantitative estimate of drug-likeness (QED) is 0.113. The molecule has 9 atom stereocenters. The van der Waals surface area contributed by atoms with E-state index in [9.17, 15) is 24.3 Å². The van der Waals surface area contributed by atoms with Crippen LogP contribution in [0.5, 0.6) is 0 Å². The van der Waals surface area contributed by atoms with E-state index in [1.807, 2.05) is 84.0 Å². The SMILES string of the molecule is CC.CCCC(C(CC(=O)N1CCCC1CC(C)C(=O)NC(Cc1cnc[nH]1)Cn1nnc2c1CCC(CO)C(C)CC2)OC)N(C)C(=O)C(NC(=O)C(C(C)C)N(C)C)C(C)C.CO. The highest BCUT2D eigenvalue weighted by Gasteiger charge is 2.39. The van der Waals surface area contributed by atoms with Crippen LogP contribution >= 0.6 is 0 Å². The molecule has 0 spiro atoms. The summed E-state index contributed by atoms with van der Waals surface area (Å²) in [6.07, 6.45) is 10.4. The molecule has 17 nitrogen and oxygen atoms in total. The van der Waals surface area contributed by atoms with Crippen molar-refractivity contribution in [2.24, 2.45) is 29.6 Å². The first-order chi connectivity index (χ1) is 31.0. The minimum atomic E-state index is -0.736. The van der Waals surface area contributed by atoms with Gasteiger partial charge in [-0.3, -0.25) is 24.1 Å². The summed E-state index contributed by atoms with van der Waals surface area (Å²) in [6.45, 7) is 19.2. The molecule has 0 aromatic carbocycles. The van der Waals surface area contributed by atoms with Crippen molar-refractivity contribution >= 4 is 23.6 Å². The van der Waals surface area contributed by atoms with Crippen LogP contribution in [0, 0.1) is 29.6 Å². The summed E-state index contributed by atoms with van der Waals surface area (Å²) in [5, 5.41) is 32.4. The van der Waals surface area contributed by atoms with Crippen molar-refractivity contribution in [2.45, 2.75) is 176 Å². The Balaban J connectivity index is 0.00000353. The number of nitrogens with zero attached hydrogens (tertiary/aromatic N) is 7. The van der Waals surface area contributed by atoms with Gasteiger partial charge in [-0.1, -0.05) is 73.9 Å². The van der Waals surface area contributed by atoms with Crippen LogP contribution in [0.2, 0.25) is 0 Å². The van der Waals surface area contributed by atoms with E-state index in [-0.39, 0.29) is 84.5 Å². The Hall–Kier alpha value is -3.93. The Labute approximate surface area is 390 Å². The van der Waals surface area contributed by atoms with Crippen LogP contribution < -0.4 is 10.6 Å². The predicted octanol–water partition coefficient (Wildman–Crippen LogP) is 4.26. The van der Waals surface area contributed by atoms with Crippen molar-refractivity contribution in [3.8, 4) is 0 Å². The van der Waals surface area contributed by atoms with Gasteiger partial charge in [-0.05, 0) is 89.1 Å². The topological polar surface area (TPSA) is 211 Å². The number of H-pyrrole nitrogens is 1. The zero-order valence-corrected chi connectivity index (χ0v) is 42.5. The highest BCUT2D eigenvalue weighted by atomic mass is 16.5. The largest absolute Gasteiger partial charge is 0.400 e. The number of hydrogen-bond acceptors (Lipinski definition) is 11. The molecule has 1 aliphatic heterocycles. The number of amides is 4. The van der Waals surface area contributed by atoms with E-state index in [0.29, 0.717) is 38.3 Å². The van der Waals surface area contributed by atoms with E-state index in [4.69, 9.17) is 9.84 Å². The van der Waals surface area contributed by atoms with Gasteiger partial charge in [0.15, 0.2) is 0 Å². The van der Waals surface area contributed by atoms with Crippen molar-refractivity contribution in [1.82, 2.24) is 50.3 Å². The third-order valence-corrected chi connectivity index (χ3v) is 13.3. The number of aromatic nitrogens is 5. The summed E-state index contributed by atoms with van der Waals surface area (Å²) < 4.78 is 7.94. The number of ether oxygens (including phenoxy) is 1. The molecule has 1 aliphatic carbocycles. The third-order valence-electron chi connectivity index (χ3n) is 13.3. The molecule has 4 amide bonds. The number of carbonyl (C=O) groups is 4. The summed E-state index contributed by atoms with van der Waals surface area (Å²) in [4.78, 5) is 68.6. The van der Waals surface area contributed by atoms with Crippen molar-refractivity contribution in [3.05, 3.63) is 29.6 Å². The lowest BCUT2D eigenvalue weighted by atomic mass is 9.83. The van der Waals surface area contributed by atoms with Crippen LogP contribution in [0.1, 0.15) is 131 Å². The first kappa shape index (κ1) is 57.2. The maximum Gasteiger partial charge on any atom is 0.245 e. The highest BCUT2D eigenvalue weighted by Crippen LogP contribution is 2.29. The zero-order chi connectivity index (χ0) is 49.0. The molecule has 17 heteroatoms. The van der Waals surface area contributed by atoms with Crippen LogP contribution in [-0.2, 0) is 49.7 Å². The van der Waals surface area contributed by atoms with Gasteiger partial charge in [-0.15, -0.1) is 5.10 Å². The number of carbonyl (C=O) groups excluding carboxylic acids is 4. The number of aryl methyl sites for hydroxylation is 1. The molecule has 0 radical (unpaired) electrons. The molecule has 1 fully saturated rings. The first-order valence-corrected chi connectivity index (χ1v) is 24.3.